The molecule has 0 radical (unpaired) electrons. The van der Waals surface area contributed by atoms with E-state index in [-0.39, 0.29) is 0 Å². The third-order valence-corrected chi connectivity index (χ3v) is 1.92. The monoisotopic (exact) mass is 192 g/mol. The van der Waals surface area contributed by atoms with Gasteiger partial charge in [-0.2, -0.15) is 4.99 Å². The van der Waals surface area contributed by atoms with Gasteiger partial charge < -0.3 is 4.74 Å². The van der Waals surface area contributed by atoms with Crippen LogP contribution in [0, 0.1) is 0 Å². The quantitative estimate of drug-likeness (QED) is 0.540. The number of pyridine rings is 1. The summed E-state index contributed by atoms with van der Waals surface area (Å²) < 4.78 is 4.97. The lowest BCUT2D eigenvalue weighted by molar-refractivity contribution is 0.411. The van der Waals surface area contributed by atoms with Gasteiger partial charge >= 0.3 is 0 Å². The summed E-state index contributed by atoms with van der Waals surface area (Å²) in [5, 5.41) is 0. The first kappa shape index (κ1) is 10.4. The number of nitrogens with zero attached hydrogens (tertiary/aromatic N) is 2. The fraction of sp³-hybridized carbons (Fsp3) is 0.400. The topological polar surface area (TPSA) is 51.5 Å². The fourth-order valence-electron chi connectivity index (χ4n) is 1.03. The molecule has 0 saturated heterocycles. The molecule has 0 aromatic carbocycles. The van der Waals surface area contributed by atoms with E-state index < -0.39 is 5.54 Å². The number of ether oxygens (including phenoxy) is 1. The Labute approximate surface area is 82.6 Å². The van der Waals surface area contributed by atoms with Crippen molar-refractivity contribution >= 4 is 6.08 Å². The average Bonchev–Trinajstić information content (AvgIpc) is 2.18. The first-order valence-corrected chi connectivity index (χ1v) is 4.19. The van der Waals surface area contributed by atoms with Crippen LogP contribution in [-0.2, 0) is 10.3 Å². The van der Waals surface area contributed by atoms with Crippen molar-refractivity contribution in [2.45, 2.75) is 19.4 Å². The highest BCUT2D eigenvalue weighted by molar-refractivity contribution is 5.36. The first-order valence-electron chi connectivity index (χ1n) is 4.19. The molecule has 0 spiro atoms. The van der Waals surface area contributed by atoms with Crippen LogP contribution in [0.1, 0.15) is 19.5 Å². The Kier molecular flexibility index (Phi) is 2.99. The molecule has 0 fully saturated rings. The summed E-state index contributed by atoms with van der Waals surface area (Å²) in [6, 6.07) is 3.56. The molecule has 4 nitrogen and oxygen atoms in total. The molecule has 0 atom stereocenters. The van der Waals surface area contributed by atoms with Gasteiger partial charge in [0.2, 0.25) is 6.08 Å². The molecule has 1 rings (SSSR count). The summed E-state index contributed by atoms with van der Waals surface area (Å²) in [7, 11) is 1.57. The van der Waals surface area contributed by atoms with Crippen molar-refractivity contribution < 1.29 is 9.53 Å². The summed E-state index contributed by atoms with van der Waals surface area (Å²) in [5.74, 6) is 0.680. The van der Waals surface area contributed by atoms with Crippen LogP contribution in [0.4, 0.5) is 0 Å². The fourth-order valence-corrected chi connectivity index (χ4v) is 1.03. The van der Waals surface area contributed by atoms with E-state index in [4.69, 9.17) is 4.74 Å². The predicted molar refractivity (Wildman–Crippen MR) is 51.9 cm³/mol. The molecule has 0 amide bonds. The van der Waals surface area contributed by atoms with Gasteiger partial charge in [0.15, 0.2) is 0 Å². The Morgan fingerprint density at radius 1 is 1.50 bits per heavy atom. The van der Waals surface area contributed by atoms with E-state index in [1.54, 1.807) is 39.3 Å². The number of hydrogen-bond acceptors (Lipinski definition) is 4. The molecule has 1 heterocycles. The van der Waals surface area contributed by atoms with Crippen molar-refractivity contribution in [3.63, 3.8) is 0 Å². The van der Waals surface area contributed by atoms with Crippen molar-refractivity contribution in [2.75, 3.05) is 7.11 Å². The maximum atomic E-state index is 10.2. The summed E-state index contributed by atoms with van der Waals surface area (Å²) in [5.41, 5.74) is 0.0789. The van der Waals surface area contributed by atoms with E-state index >= 15 is 0 Å². The van der Waals surface area contributed by atoms with Gasteiger partial charge in [-0.05, 0) is 26.0 Å². The molecular formula is C10H12N2O2. The maximum Gasteiger partial charge on any atom is 0.235 e. The minimum atomic E-state index is -0.631. The van der Waals surface area contributed by atoms with Crippen LogP contribution in [0.2, 0.25) is 0 Å². The molecule has 0 aliphatic heterocycles. The van der Waals surface area contributed by atoms with Crippen molar-refractivity contribution in [3.05, 3.63) is 24.0 Å². The highest BCUT2D eigenvalue weighted by Gasteiger charge is 2.20. The number of aliphatic imine (C=N–C) groups is 1. The standard InChI is InChI=1S/C10H12N2O2/c1-10(2,12-7-13)9-5-4-8(14-3)6-11-9/h4-6H,1-3H3. The van der Waals surface area contributed by atoms with Gasteiger partial charge in [0.05, 0.1) is 19.0 Å². The lowest BCUT2D eigenvalue weighted by Gasteiger charge is -2.16. The predicted octanol–water partition coefficient (Wildman–Crippen LogP) is 1.66. The molecule has 1 aromatic heterocycles. The second-order valence-electron chi connectivity index (χ2n) is 3.35. The number of carbonyl (C=O) groups excluding carboxylic acids is 1. The molecule has 1 aromatic rings. The zero-order chi connectivity index (χ0) is 10.6. The minimum Gasteiger partial charge on any atom is -0.495 e. The van der Waals surface area contributed by atoms with Crippen LogP contribution in [0.5, 0.6) is 5.75 Å². The largest absolute Gasteiger partial charge is 0.495 e. The normalized spacial score (nSPS) is 10.5. The van der Waals surface area contributed by atoms with Gasteiger partial charge in [0, 0.05) is 0 Å². The summed E-state index contributed by atoms with van der Waals surface area (Å²) in [6.07, 6.45) is 3.13. The van der Waals surface area contributed by atoms with Crippen molar-refractivity contribution in [1.29, 1.82) is 0 Å². The van der Waals surface area contributed by atoms with Crippen molar-refractivity contribution in [1.82, 2.24) is 4.98 Å². The molecule has 0 unspecified atom stereocenters. The minimum absolute atomic E-state index is 0.631. The van der Waals surface area contributed by atoms with Gasteiger partial charge in [-0.1, -0.05) is 0 Å². The van der Waals surface area contributed by atoms with Crippen LogP contribution in [-0.4, -0.2) is 18.2 Å². The lowest BCUT2D eigenvalue weighted by Crippen LogP contribution is -2.15. The van der Waals surface area contributed by atoms with Crippen LogP contribution in [0.3, 0.4) is 0 Å². The molecule has 14 heavy (non-hydrogen) atoms. The van der Waals surface area contributed by atoms with E-state index in [0.29, 0.717) is 11.4 Å². The van der Waals surface area contributed by atoms with Gasteiger partial charge in [-0.25, -0.2) is 4.79 Å². The van der Waals surface area contributed by atoms with E-state index in [1.807, 2.05) is 0 Å². The first-order chi connectivity index (χ1) is 6.60. The average molecular weight is 192 g/mol. The zero-order valence-corrected chi connectivity index (χ0v) is 8.44. The van der Waals surface area contributed by atoms with Crippen LogP contribution >= 0.6 is 0 Å². The Hall–Kier alpha value is -1.67. The van der Waals surface area contributed by atoms with Gasteiger partial charge in [-0.15, -0.1) is 0 Å². The van der Waals surface area contributed by atoms with Crippen LogP contribution < -0.4 is 4.74 Å². The molecule has 0 bridgehead atoms. The van der Waals surface area contributed by atoms with Crippen molar-refractivity contribution in [3.8, 4) is 5.75 Å². The third-order valence-electron chi connectivity index (χ3n) is 1.92. The second kappa shape index (κ2) is 4.03. The van der Waals surface area contributed by atoms with Gasteiger partial charge in [0.1, 0.15) is 11.3 Å². The van der Waals surface area contributed by atoms with Gasteiger partial charge in [-0.3, -0.25) is 4.98 Å². The molecule has 0 aliphatic carbocycles. The molecule has 4 heteroatoms. The Morgan fingerprint density at radius 3 is 2.64 bits per heavy atom. The van der Waals surface area contributed by atoms with E-state index in [9.17, 15) is 4.79 Å². The number of rotatable bonds is 3. The highest BCUT2D eigenvalue weighted by atomic mass is 16.5. The molecule has 0 N–H and O–H groups in total. The third kappa shape index (κ3) is 2.18. The Balaban J connectivity index is 3.02. The molecule has 0 aliphatic rings. The summed E-state index contributed by atoms with van der Waals surface area (Å²) >= 11 is 0. The number of methoxy groups -OCH3 is 1. The Morgan fingerprint density at radius 2 is 2.21 bits per heavy atom. The lowest BCUT2D eigenvalue weighted by atomic mass is 10.0. The second-order valence-corrected chi connectivity index (χ2v) is 3.35. The number of aromatic nitrogens is 1. The summed E-state index contributed by atoms with van der Waals surface area (Å²) in [4.78, 5) is 18.0. The smallest absolute Gasteiger partial charge is 0.235 e. The van der Waals surface area contributed by atoms with E-state index in [0.717, 1.165) is 0 Å². The van der Waals surface area contributed by atoms with Crippen LogP contribution in [0.25, 0.3) is 0 Å². The number of isocyanates is 1. The van der Waals surface area contributed by atoms with Gasteiger partial charge in [0.25, 0.3) is 0 Å². The van der Waals surface area contributed by atoms with E-state index in [2.05, 4.69) is 9.98 Å². The molecule has 0 saturated carbocycles. The maximum absolute atomic E-state index is 10.2. The molecular weight excluding hydrogens is 180 g/mol. The zero-order valence-electron chi connectivity index (χ0n) is 8.44. The SMILES string of the molecule is COc1ccc(C(C)(C)N=C=O)nc1. The van der Waals surface area contributed by atoms with Crippen LogP contribution in [0.15, 0.2) is 23.3 Å². The molecule has 74 valence electrons. The van der Waals surface area contributed by atoms with E-state index in [1.165, 1.54) is 6.08 Å². The Bertz CT molecular complexity index is 351. The summed E-state index contributed by atoms with van der Waals surface area (Å²) in [6.45, 7) is 3.60. The van der Waals surface area contributed by atoms with Crippen molar-refractivity contribution in [2.24, 2.45) is 4.99 Å². The highest BCUT2D eigenvalue weighted by Crippen LogP contribution is 2.23. The number of hydrogen-bond donors (Lipinski definition) is 0.